The normalized spacial score (nSPS) is 19.6. The van der Waals surface area contributed by atoms with Crippen molar-refractivity contribution >= 4 is 17.3 Å². The van der Waals surface area contributed by atoms with Gasteiger partial charge in [0.15, 0.2) is 6.61 Å². The maximum absolute atomic E-state index is 12.1. The SMILES string of the molecule is O=C(COc1ccccc1)Nc1ccc(N2CCC(NCC3CCCO3)CC2)cc1. The zero-order valence-electron chi connectivity index (χ0n) is 17.4. The number of nitrogens with one attached hydrogen (secondary N) is 2. The van der Waals surface area contributed by atoms with Gasteiger partial charge in [-0.05, 0) is 62.1 Å². The van der Waals surface area contributed by atoms with E-state index in [1.165, 1.54) is 18.5 Å². The largest absolute Gasteiger partial charge is 0.484 e. The van der Waals surface area contributed by atoms with Gasteiger partial charge in [0.05, 0.1) is 6.10 Å². The van der Waals surface area contributed by atoms with E-state index in [2.05, 4.69) is 27.7 Å². The molecular weight excluding hydrogens is 378 g/mol. The Morgan fingerprint density at radius 2 is 1.80 bits per heavy atom. The Labute approximate surface area is 178 Å². The topological polar surface area (TPSA) is 62.8 Å². The molecule has 1 amide bonds. The molecule has 0 radical (unpaired) electrons. The summed E-state index contributed by atoms with van der Waals surface area (Å²) in [6.45, 7) is 3.98. The molecule has 2 N–H and O–H groups in total. The predicted octanol–water partition coefficient (Wildman–Crippen LogP) is 3.44. The number of carbonyl (C=O) groups is 1. The number of rotatable bonds is 8. The third-order valence-electron chi connectivity index (χ3n) is 5.78. The number of hydrogen-bond acceptors (Lipinski definition) is 5. The van der Waals surface area contributed by atoms with Gasteiger partial charge in [-0.25, -0.2) is 0 Å². The second-order valence-corrected chi connectivity index (χ2v) is 8.00. The molecule has 30 heavy (non-hydrogen) atoms. The van der Waals surface area contributed by atoms with Crippen LogP contribution < -0.4 is 20.3 Å². The first-order valence-corrected chi connectivity index (χ1v) is 10.9. The number of benzene rings is 2. The fourth-order valence-electron chi connectivity index (χ4n) is 4.06. The molecule has 0 spiro atoms. The quantitative estimate of drug-likeness (QED) is 0.699. The molecule has 0 bridgehead atoms. The molecule has 2 aliphatic heterocycles. The Bertz CT molecular complexity index is 783. The zero-order valence-corrected chi connectivity index (χ0v) is 17.4. The van der Waals surface area contributed by atoms with Gasteiger partial charge >= 0.3 is 0 Å². The smallest absolute Gasteiger partial charge is 0.262 e. The number of amides is 1. The summed E-state index contributed by atoms with van der Waals surface area (Å²) in [7, 11) is 0. The molecule has 0 saturated carbocycles. The number of piperidine rings is 1. The highest BCUT2D eigenvalue weighted by molar-refractivity contribution is 5.92. The number of anilines is 2. The van der Waals surface area contributed by atoms with Crippen molar-refractivity contribution < 1.29 is 14.3 Å². The Kier molecular flexibility index (Phi) is 7.21. The fourth-order valence-corrected chi connectivity index (χ4v) is 4.06. The van der Waals surface area contributed by atoms with Crippen LogP contribution in [-0.4, -0.2) is 50.9 Å². The van der Waals surface area contributed by atoms with Crippen LogP contribution in [0.3, 0.4) is 0 Å². The summed E-state index contributed by atoms with van der Waals surface area (Å²) in [5, 5.41) is 6.57. The second kappa shape index (κ2) is 10.5. The summed E-state index contributed by atoms with van der Waals surface area (Å²) >= 11 is 0. The molecule has 6 nitrogen and oxygen atoms in total. The Balaban J connectivity index is 1.18. The molecule has 6 heteroatoms. The van der Waals surface area contributed by atoms with Crippen molar-refractivity contribution in [2.24, 2.45) is 0 Å². The minimum atomic E-state index is -0.162. The predicted molar refractivity (Wildman–Crippen MR) is 119 cm³/mol. The molecule has 160 valence electrons. The van der Waals surface area contributed by atoms with Gasteiger partial charge < -0.3 is 25.0 Å². The van der Waals surface area contributed by atoms with Crippen molar-refractivity contribution in [1.29, 1.82) is 0 Å². The molecule has 4 rings (SSSR count). The van der Waals surface area contributed by atoms with Crippen molar-refractivity contribution in [1.82, 2.24) is 5.32 Å². The molecule has 2 saturated heterocycles. The Morgan fingerprint density at radius 3 is 2.50 bits per heavy atom. The number of hydrogen-bond donors (Lipinski definition) is 2. The van der Waals surface area contributed by atoms with Gasteiger partial charge in [-0.15, -0.1) is 0 Å². The lowest BCUT2D eigenvalue weighted by molar-refractivity contribution is -0.118. The molecular formula is C24H31N3O3. The average Bonchev–Trinajstić information content (AvgIpc) is 3.32. The van der Waals surface area contributed by atoms with Gasteiger partial charge in [0.1, 0.15) is 5.75 Å². The van der Waals surface area contributed by atoms with E-state index in [-0.39, 0.29) is 12.5 Å². The lowest BCUT2D eigenvalue weighted by Crippen LogP contribution is -2.44. The zero-order chi connectivity index (χ0) is 20.6. The van der Waals surface area contributed by atoms with Crippen molar-refractivity contribution in [3.05, 3.63) is 54.6 Å². The molecule has 2 aromatic rings. The van der Waals surface area contributed by atoms with E-state index >= 15 is 0 Å². The maximum atomic E-state index is 12.1. The molecule has 1 unspecified atom stereocenters. The van der Waals surface area contributed by atoms with Gasteiger partial charge in [-0.2, -0.15) is 0 Å². The van der Waals surface area contributed by atoms with Crippen LogP contribution in [0.2, 0.25) is 0 Å². The van der Waals surface area contributed by atoms with E-state index in [1.54, 1.807) is 0 Å². The molecule has 0 aliphatic carbocycles. The van der Waals surface area contributed by atoms with E-state index in [0.717, 1.165) is 44.8 Å². The highest BCUT2D eigenvalue weighted by Crippen LogP contribution is 2.22. The highest BCUT2D eigenvalue weighted by Gasteiger charge is 2.21. The van der Waals surface area contributed by atoms with E-state index in [0.29, 0.717) is 17.9 Å². The third kappa shape index (κ3) is 5.97. The van der Waals surface area contributed by atoms with Crippen LogP contribution in [0.1, 0.15) is 25.7 Å². The highest BCUT2D eigenvalue weighted by atomic mass is 16.5. The molecule has 2 aromatic carbocycles. The van der Waals surface area contributed by atoms with Crippen molar-refractivity contribution in [2.45, 2.75) is 37.8 Å². The number of nitrogens with zero attached hydrogens (tertiary/aromatic N) is 1. The van der Waals surface area contributed by atoms with Crippen molar-refractivity contribution in [3.63, 3.8) is 0 Å². The standard InChI is InChI=1S/C24H31N3O3/c28-24(18-30-22-5-2-1-3-6-22)26-20-8-10-21(11-9-20)27-14-12-19(13-15-27)25-17-23-7-4-16-29-23/h1-3,5-6,8-11,19,23,25H,4,7,12-18H2,(H,26,28). The summed E-state index contributed by atoms with van der Waals surface area (Å²) in [5.41, 5.74) is 1.99. The van der Waals surface area contributed by atoms with Crippen LogP contribution in [0.25, 0.3) is 0 Å². The van der Waals surface area contributed by atoms with Crippen LogP contribution in [0.15, 0.2) is 54.6 Å². The van der Waals surface area contributed by atoms with Crippen LogP contribution in [-0.2, 0) is 9.53 Å². The van der Waals surface area contributed by atoms with E-state index < -0.39 is 0 Å². The van der Waals surface area contributed by atoms with Crippen LogP contribution in [0.5, 0.6) is 5.75 Å². The molecule has 2 aliphatic rings. The molecule has 1 atom stereocenters. The van der Waals surface area contributed by atoms with Gasteiger partial charge in [-0.1, -0.05) is 18.2 Å². The molecule has 2 heterocycles. The summed E-state index contributed by atoms with van der Waals surface area (Å²) in [6.07, 6.45) is 5.07. The monoisotopic (exact) mass is 409 g/mol. The summed E-state index contributed by atoms with van der Waals surface area (Å²) in [6, 6.07) is 18.0. The first kappa shape index (κ1) is 20.7. The average molecular weight is 410 g/mol. The lowest BCUT2D eigenvalue weighted by Gasteiger charge is -2.34. The fraction of sp³-hybridized carbons (Fsp3) is 0.458. The Hall–Kier alpha value is -2.57. The summed E-state index contributed by atoms with van der Waals surface area (Å²) in [4.78, 5) is 14.5. The summed E-state index contributed by atoms with van der Waals surface area (Å²) in [5.74, 6) is 0.529. The van der Waals surface area contributed by atoms with E-state index in [4.69, 9.17) is 9.47 Å². The first-order chi connectivity index (χ1) is 14.8. The number of para-hydroxylation sites is 1. The lowest BCUT2D eigenvalue weighted by atomic mass is 10.0. The van der Waals surface area contributed by atoms with Gasteiger partial charge in [0.2, 0.25) is 0 Å². The van der Waals surface area contributed by atoms with Crippen molar-refractivity contribution in [2.75, 3.05) is 43.1 Å². The van der Waals surface area contributed by atoms with Gasteiger partial charge in [0, 0.05) is 43.7 Å². The number of carbonyl (C=O) groups excluding carboxylic acids is 1. The molecule has 0 aromatic heterocycles. The van der Waals surface area contributed by atoms with E-state index in [1.807, 2.05) is 42.5 Å². The minimum Gasteiger partial charge on any atom is -0.484 e. The minimum absolute atomic E-state index is 0.00181. The first-order valence-electron chi connectivity index (χ1n) is 10.9. The van der Waals surface area contributed by atoms with Gasteiger partial charge in [-0.3, -0.25) is 4.79 Å². The van der Waals surface area contributed by atoms with Crippen LogP contribution in [0.4, 0.5) is 11.4 Å². The van der Waals surface area contributed by atoms with Crippen LogP contribution >= 0.6 is 0 Å². The molecule has 2 fully saturated rings. The van der Waals surface area contributed by atoms with Gasteiger partial charge in [0.25, 0.3) is 5.91 Å². The maximum Gasteiger partial charge on any atom is 0.262 e. The second-order valence-electron chi connectivity index (χ2n) is 8.00. The summed E-state index contributed by atoms with van der Waals surface area (Å²) < 4.78 is 11.2. The Morgan fingerprint density at radius 1 is 1.03 bits per heavy atom. The van der Waals surface area contributed by atoms with Crippen LogP contribution in [0, 0.1) is 0 Å². The third-order valence-corrected chi connectivity index (χ3v) is 5.78. The van der Waals surface area contributed by atoms with Crippen molar-refractivity contribution in [3.8, 4) is 5.75 Å². The van der Waals surface area contributed by atoms with E-state index in [9.17, 15) is 4.79 Å². The number of ether oxygens (including phenoxy) is 2.